The minimum Gasteiger partial charge on any atom is -0.310 e. The summed E-state index contributed by atoms with van der Waals surface area (Å²) in [5, 5.41) is 7.60. The highest BCUT2D eigenvalue weighted by Gasteiger charge is 2.51. The number of aromatic nitrogens is 1. The Morgan fingerprint density at radius 1 is 0.410 bits per heavy atom. The van der Waals surface area contributed by atoms with Crippen molar-refractivity contribution in [3.8, 4) is 27.9 Å². The Morgan fingerprint density at radius 2 is 1.00 bits per heavy atom. The minimum atomic E-state index is -0.517. The van der Waals surface area contributed by atoms with E-state index in [9.17, 15) is 0 Å². The zero-order valence-electron chi connectivity index (χ0n) is 33.8. The molecule has 0 bridgehead atoms. The molecule has 0 N–H and O–H groups in total. The van der Waals surface area contributed by atoms with Crippen molar-refractivity contribution in [2.45, 2.75) is 18.8 Å². The highest BCUT2D eigenvalue weighted by atomic mass is 15.1. The Bertz CT molecular complexity index is 3590. The molecular formula is C59H40N2. The molecule has 286 valence electrons. The second-order valence-electron chi connectivity index (χ2n) is 16.7. The van der Waals surface area contributed by atoms with Crippen LogP contribution in [0.5, 0.6) is 0 Å². The summed E-state index contributed by atoms with van der Waals surface area (Å²) in [6.45, 7) is 2.32. The van der Waals surface area contributed by atoms with Gasteiger partial charge in [0.15, 0.2) is 0 Å². The topological polar surface area (TPSA) is 8.17 Å². The summed E-state index contributed by atoms with van der Waals surface area (Å²) in [5.74, 6) is 0. The van der Waals surface area contributed by atoms with Gasteiger partial charge in [0.2, 0.25) is 0 Å². The normalized spacial score (nSPS) is 14.8. The van der Waals surface area contributed by atoms with Crippen LogP contribution in [0.4, 0.5) is 17.1 Å². The molecule has 11 aromatic rings. The van der Waals surface area contributed by atoms with E-state index >= 15 is 0 Å². The molecule has 0 saturated carbocycles. The third-order valence-corrected chi connectivity index (χ3v) is 13.7. The standard InChI is InChI=1S/C59H40N2/c1-2-38-27-28-40-17-14-23-51-47-21-9-12-25-53(47)59(58(38)57(40)51)52-24-11-8-20-46(52)48-33-31-44(36-54(48)59)60(43-30-29-39-15-6-7-16-41(39)35-43)45-32-34-50-49-22-10-13-26-55(49)61(56(50)37-45)42-18-4-3-5-19-42/h3-37H,2H2,1H3. The third-order valence-electron chi connectivity index (χ3n) is 13.7. The van der Waals surface area contributed by atoms with Gasteiger partial charge >= 0.3 is 0 Å². The Kier molecular flexibility index (Phi) is 7.24. The molecule has 2 heteroatoms. The highest BCUT2D eigenvalue weighted by molar-refractivity contribution is 6.11. The average molecular weight is 777 g/mol. The van der Waals surface area contributed by atoms with Crippen LogP contribution >= 0.6 is 0 Å². The fourth-order valence-corrected chi connectivity index (χ4v) is 11.2. The van der Waals surface area contributed by atoms with Crippen LogP contribution in [0.3, 0.4) is 0 Å². The number of rotatable bonds is 5. The summed E-state index contributed by atoms with van der Waals surface area (Å²) in [6.07, 6.45) is 0.944. The summed E-state index contributed by atoms with van der Waals surface area (Å²) in [5.41, 5.74) is 18.5. The molecule has 0 saturated heterocycles. The molecule has 61 heavy (non-hydrogen) atoms. The van der Waals surface area contributed by atoms with Gasteiger partial charge in [-0.3, -0.25) is 0 Å². The van der Waals surface area contributed by atoms with E-state index in [-0.39, 0.29) is 0 Å². The summed E-state index contributed by atoms with van der Waals surface area (Å²) in [6, 6.07) is 79.5. The van der Waals surface area contributed by atoms with Crippen LogP contribution in [0, 0.1) is 0 Å². The van der Waals surface area contributed by atoms with Gasteiger partial charge in [-0.2, -0.15) is 0 Å². The first kappa shape index (κ1) is 34.2. The zero-order chi connectivity index (χ0) is 40.2. The van der Waals surface area contributed by atoms with Gasteiger partial charge < -0.3 is 9.47 Å². The molecule has 0 radical (unpaired) electrons. The van der Waals surface area contributed by atoms with Crippen LogP contribution < -0.4 is 4.90 Å². The number of hydrogen-bond donors (Lipinski definition) is 0. The van der Waals surface area contributed by atoms with Crippen LogP contribution in [-0.2, 0) is 11.8 Å². The first-order valence-electron chi connectivity index (χ1n) is 21.5. The Balaban J connectivity index is 1.13. The van der Waals surface area contributed by atoms with E-state index in [2.05, 4.69) is 229 Å². The van der Waals surface area contributed by atoms with Crippen LogP contribution in [0.15, 0.2) is 212 Å². The fourth-order valence-electron chi connectivity index (χ4n) is 11.2. The predicted molar refractivity (Wildman–Crippen MR) is 256 cm³/mol. The summed E-state index contributed by atoms with van der Waals surface area (Å²) in [4.78, 5) is 2.49. The maximum atomic E-state index is 2.53. The molecule has 1 spiro atoms. The van der Waals surface area contributed by atoms with Gasteiger partial charge in [0.25, 0.3) is 0 Å². The maximum absolute atomic E-state index is 2.53. The van der Waals surface area contributed by atoms with Gasteiger partial charge in [-0.1, -0.05) is 165 Å². The number of nitrogens with zero attached hydrogens (tertiary/aromatic N) is 2. The second kappa shape index (κ2) is 12.9. The van der Waals surface area contributed by atoms with E-state index in [4.69, 9.17) is 0 Å². The Labute approximate surface area is 355 Å². The number of fused-ring (bicyclic) bond motifs is 13. The van der Waals surface area contributed by atoms with E-state index in [1.165, 1.54) is 93.4 Å². The fraction of sp³-hybridized carbons (Fsp3) is 0.0508. The lowest BCUT2D eigenvalue weighted by Crippen LogP contribution is -2.33. The largest absolute Gasteiger partial charge is 0.310 e. The molecule has 10 aromatic carbocycles. The number of anilines is 3. The molecule has 0 fully saturated rings. The first-order chi connectivity index (χ1) is 30.2. The molecule has 0 aliphatic heterocycles. The molecule has 1 heterocycles. The van der Waals surface area contributed by atoms with Crippen molar-refractivity contribution in [2.24, 2.45) is 0 Å². The monoisotopic (exact) mass is 776 g/mol. The van der Waals surface area contributed by atoms with Gasteiger partial charge in [-0.05, 0) is 133 Å². The van der Waals surface area contributed by atoms with E-state index in [1.54, 1.807) is 0 Å². The first-order valence-corrected chi connectivity index (χ1v) is 21.5. The van der Waals surface area contributed by atoms with Crippen molar-refractivity contribution in [1.29, 1.82) is 0 Å². The zero-order valence-corrected chi connectivity index (χ0v) is 33.8. The van der Waals surface area contributed by atoms with E-state index in [1.807, 2.05) is 0 Å². The van der Waals surface area contributed by atoms with Gasteiger partial charge in [0.1, 0.15) is 0 Å². The van der Waals surface area contributed by atoms with E-state index in [0.717, 1.165) is 29.2 Å². The molecule has 2 nitrogen and oxygen atoms in total. The molecular weight excluding hydrogens is 737 g/mol. The Hall–Kier alpha value is -7.68. The van der Waals surface area contributed by atoms with Crippen molar-refractivity contribution in [1.82, 2.24) is 4.57 Å². The van der Waals surface area contributed by atoms with Crippen LogP contribution in [0.25, 0.3) is 71.3 Å². The summed E-state index contributed by atoms with van der Waals surface area (Å²) >= 11 is 0. The van der Waals surface area contributed by atoms with Crippen molar-refractivity contribution >= 4 is 60.4 Å². The molecule has 2 aliphatic carbocycles. The van der Waals surface area contributed by atoms with E-state index in [0.29, 0.717) is 0 Å². The molecule has 0 amide bonds. The average Bonchev–Trinajstić information content (AvgIpc) is 3.81. The molecule has 2 aliphatic rings. The lowest BCUT2D eigenvalue weighted by atomic mass is 9.60. The second-order valence-corrected chi connectivity index (χ2v) is 16.7. The Morgan fingerprint density at radius 3 is 1.84 bits per heavy atom. The van der Waals surface area contributed by atoms with Crippen molar-refractivity contribution < 1.29 is 0 Å². The van der Waals surface area contributed by atoms with E-state index < -0.39 is 5.41 Å². The van der Waals surface area contributed by atoms with Crippen LogP contribution in [0.1, 0.15) is 34.7 Å². The number of para-hydroxylation sites is 2. The number of hydrogen-bond acceptors (Lipinski definition) is 1. The van der Waals surface area contributed by atoms with Gasteiger partial charge in [0, 0.05) is 33.5 Å². The summed E-state index contributed by atoms with van der Waals surface area (Å²) in [7, 11) is 0. The smallest absolute Gasteiger partial charge is 0.0729 e. The predicted octanol–water partition coefficient (Wildman–Crippen LogP) is 15.5. The minimum absolute atomic E-state index is 0.517. The summed E-state index contributed by atoms with van der Waals surface area (Å²) < 4.78 is 2.42. The third kappa shape index (κ3) is 4.68. The molecule has 1 aromatic heterocycles. The lowest BCUT2D eigenvalue weighted by Gasteiger charge is -2.41. The van der Waals surface area contributed by atoms with Gasteiger partial charge in [-0.25, -0.2) is 0 Å². The highest BCUT2D eigenvalue weighted by Crippen LogP contribution is 2.63. The van der Waals surface area contributed by atoms with Crippen molar-refractivity contribution in [3.63, 3.8) is 0 Å². The number of benzene rings is 10. The molecule has 1 unspecified atom stereocenters. The van der Waals surface area contributed by atoms with Crippen molar-refractivity contribution in [3.05, 3.63) is 240 Å². The number of aryl methyl sites for hydroxylation is 1. The molecule has 13 rings (SSSR count). The van der Waals surface area contributed by atoms with Crippen LogP contribution in [-0.4, -0.2) is 4.57 Å². The van der Waals surface area contributed by atoms with Gasteiger partial charge in [-0.15, -0.1) is 0 Å². The molecule has 1 atom stereocenters. The van der Waals surface area contributed by atoms with Crippen molar-refractivity contribution in [2.75, 3.05) is 4.90 Å². The van der Waals surface area contributed by atoms with Gasteiger partial charge in [0.05, 0.1) is 16.4 Å². The van der Waals surface area contributed by atoms with Crippen LogP contribution in [0.2, 0.25) is 0 Å². The lowest BCUT2D eigenvalue weighted by molar-refractivity contribution is 0.759. The maximum Gasteiger partial charge on any atom is 0.0729 e. The SMILES string of the molecule is CCc1ccc2cccc3c2c1C1(c2ccccc2-c2ccc(N(c4ccc5ccccc5c4)c4ccc5c6ccccc6n(-c6ccccc6)c5c4)cc21)c1ccccc1-3. The quantitative estimate of drug-likeness (QED) is 0.169.